The second kappa shape index (κ2) is 8.16. The molecule has 1 fully saturated rings. The maximum Gasteiger partial charge on any atom is 0.234 e. The number of H-pyrrole nitrogens is 1. The maximum absolute atomic E-state index is 12.7. The lowest BCUT2D eigenvalue weighted by atomic mass is 9.95. The van der Waals surface area contributed by atoms with Gasteiger partial charge in [-0.15, -0.1) is 16.4 Å². The Morgan fingerprint density at radius 3 is 2.83 bits per heavy atom. The first-order valence-electron chi connectivity index (χ1n) is 8.57. The Bertz CT molecular complexity index is 647. The van der Waals surface area contributed by atoms with Crippen molar-refractivity contribution in [2.45, 2.75) is 62.4 Å². The molecule has 0 spiro atoms. The van der Waals surface area contributed by atoms with Crippen LogP contribution in [0.25, 0.3) is 10.7 Å². The van der Waals surface area contributed by atoms with E-state index in [0.717, 1.165) is 23.5 Å². The number of thiophene rings is 1. The zero-order valence-corrected chi connectivity index (χ0v) is 15.8. The van der Waals surface area contributed by atoms with Crippen molar-refractivity contribution in [2.75, 3.05) is 0 Å². The molecule has 24 heavy (non-hydrogen) atoms. The molecule has 2 heterocycles. The molecule has 130 valence electrons. The second-order valence-corrected chi connectivity index (χ2v) is 8.63. The molecule has 1 aliphatic rings. The van der Waals surface area contributed by atoms with Crippen LogP contribution in [-0.2, 0) is 4.79 Å². The minimum absolute atomic E-state index is 0.115. The predicted octanol–water partition coefficient (Wildman–Crippen LogP) is 4.10. The molecule has 0 aliphatic heterocycles. The van der Waals surface area contributed by atoms with Crippen LogP contribution < -0.4 is 5.32 Å². The van der Waals surface area contributed by atoms with Gasteiger partial charge in [-0.1, -0.05) is 50.9 Å². The lowest BCUT2D eigenvalue weighted by Gasteiger charge is -2.26. The molecule has 0 radical (unpaired) electrons. The summed E-state index contributed by atoms with van der Waals surface area (Å²) in [6, 6.07) is 4.33. The second-order valence-electron chi connectivity index (χ2n) is 6.57. The van der Waals surface area contributed by atoms with Crippen molar-refractivity contribution in [3.63, 3.8) is 0 Å². The van der Waals surface area contributed by atoms with E-state index in [1.165, 1.54) is 31.0 Å². The zero-order valence-electron chi connectivity index (χ0n) is 14.1. The fourth-order valence-electron chi connectivity index (χ4n) is 2.96. The molecule has 2 N–H and O–H groups in total. The number of rotatable bonds is 6. The highest BCUT2D eigenvalue weighted by atomic mass is 32.2. The molecule has 2 aromatic rings. The highest BCUT2D eigenvalue weighted by Gasteiger charge is 2.27. The number of hydrogen-bond acceptors (Lipinski definition) is 5. The highest BCUT2D eigenvalue weighted by Crippen LogP contribution is 2.29. The molecule has 1 atom stereocenters. The highest BCUT2D eigenvalue weighted by molar-refractivity contribution is 8.00. The smallest absolute Gasteiger partial charge is 0.234 e. The van der Waals surface area contributed by atoms with Crippen LogP contribution in [0.4, 0.5) is 0 Å². The van der Waals surface area contributed by atoms with E-state index >= 15 is 0 Å². The molecular formula is C17H24N4OS2. The normalized spacial score (nSPS) is 17.1. The van der Waals surface area contributed by atoms with Crippen LogP contribution >= 0.6 is 23.1 Å². The Kier molecular flexibility index (Phi) is 5.94. The maximum atomic E-state index is 12.7. The number of aromatic amines is 1. The fourth-order valence-corrected chi connectivity index (χ4v) is 4.54. The Balaban J connectivity index is 1.64. The van der Waals surface area contributed by atoms with Gasteiger partial charge < -0.3 is 5.32 Å². The van der Waals surface area contributed by atoms with Gasteiger partial charge in [0, 0.05) is 6.04 Å². The van der Waals surface area contributed by atoms with Gasteiger partial charge in [0.2, 0.25) is 11.1 Å². The van der Waals surface area contributed by atoms with Crippen LogP contribution in [0.1, 0.15) is 46.0 Å². The summed E-state index contributed by atoms with van der Waals surface area (Å²) in [6.45, 7) is 4.15. The van der Waals surface area contributed by atoms with Gasteiger partial charge in [0.05, 0.1) is 10.1 Å². The molecule has 1 aliphatic carbocycles. The molecule has 3 rings (SSSR count). The Morgan fingerprint density at radius 2 is 2.17 bits per heavy atom. The standard InChI is InChI=1S/C17H24N4OS2/c1-11(2)14(16(22)18-12-7-4-3-5-8-12)24-17-19-15(20-21-17)13-9-6-10-23-13/h6,9-12,14H,3-5,7-8H2,1-2H3,(H,18,22)(H,19,20,21). The molecule has 0 saturated heterocycles. The van der Waals surface area contributed by atoms with E-state index in [2.05, 4.69) is 34.3 Å². The van der Waals surface area contributed by atoms with Crippen molar-refractivity contribution in [1.29, 1.82) is 0 Å². The first-order chi connectivity index (χ1) is 11.6. The van der Waals surface area contributed by atoms with E-state index in [4.69, 9.17) is 0 Å². The molecule has 0 bridgehead atoms. The van der Waals surface area contributed by atoms with Gasteiger partial charge in [0.1, 0.15) is 0 Å². The van der Waals surface area contributed by atoms with Crippen molar-refractivity contribution < 1.29 is 4.79 Å². The molecule has 1 saturated carbocycles. The summed E-state index contributed by atoms with van der Waals surface area (Å²) in [5, 5.41) is 13.0. The lowest BCUT2D eigenvalue weighted by molar-refractivity contribution is -0.122. The SMILES string of the molecule is CC(C)C(Sc1n[nH]c(-c2cccs2)n1)C(=O)NC1CCCCC1. The van der Waals surface area contributed by atoms with Gasteiger partial charge in [-0.05, 0) is 30.2 Å². The van der Waals surface area contributed by atoms with Crippen LogP contribution in [0, 0.1) is 5.92 Å². The van der Waals surface area contributed by atoms with E-state index in [1.54, 1.807) is 11.3 Å². The molecule has 1 unspecified atom stereocenters. The first kappa shape index (κ1) is 17.5. The van der Waals surface area contributed by atoms with Crippen molar-refractivity contribution in [3.05, 3.63) is 17.5 Å². The van der Waals surface area contributed by atoms with Crippen LogP contribution in [0.5, 0.6) is 0 Å². The number of aromatic nitrogens is 3. The van der Waals surface area contributed by atoms with Crippen LogP contribution in [0.2, 0.25) is 0 Å². The summed E-state index contributed by atoms with van der Waals surface area (Å²) >= 11 is 3.07. The van der Waals surface area contributed by atoms with Crippen molar-refractivity contribution in [3.8, 4) is 10.7 Å². The summed E-state index contributed by atoms with van der Waals surface area (Å²) < 4.78 is 0. The van der Waals surface area contributed by atoms with Crippen molar-refractivity contribution in [1.82, 2.24) is 20.5 Å². The number of hydrogen-bond donors (Lipinski definition) is 2. The molecule has 1 amide bonds. The lowest BCUT2D eigenvalue weighted by Crippen LogP contribution is -2.42. The van der Waals surface area contributed by atoms with Gasteiger partial charge in [-0.2, -0.15) is 0 Å². The molecule has 2 aromatic heterocycles. The monoisotopic (exact) mass is 364 g/mol. The van der Waals surface area contributed by atoms with Gasteiger partial charge >= 0.3 is 0 Å². The average Bonchev–Trinajstić information content (AvgIpc) is 3.24. The average molecular weight is 365 g/mol. The molecule has 5 nitrogen and oxygen atoms in total. The quantitative estimate of drug-likeness (QED) is 0.757. The molecular weight excluding hydrogens is 340 g/mol. The fraction of sp³-hybridized carbons (Fsp3) is 0.588. The van der Waals surface area contributed by atoms with E-state index in [0.29, 0.717) is 11.2 Å². The predicted molar refractivity (Wildman–Crippen MR) is 99.2 cm³/mol. The Labute approximate surface area is 151 Å². The van der Waals surface area contributed by atoms with Crippen LogP contribution in [0.3, 0.4) is 0 Å². The summed E-state index contributed by atoms with van der Waals surface area (Å²) in [4.78, 5) is 18.3. The Morgan fingerprint density at radius 1 is 1.38 bits per heavy atom. The van der Waals surface area contributed by atoms with Crippen molar-refractivity contribution >= 4 is 29.0 Å². The number of nitrogens with one attached hydrogen (secondary N) is 2. The van der Waals surface area contributed by atoms with Gasteiger partial charge in [0.25, 0.3) is 0 Å². The van der Waals surface area contributed by atoms with Gasteiger partial charge in [0.15, 0.2) is 5.82 Å². The third kappa shape index (κ3) is 4.39. The van der Waals surface area contributed by atoms with Crippen LogP contribution in [-0.4, -0.2) is 32.4 Å². The number of thioether (sulfide) groups is 1. The molecule has 7 heteroatoms. The topological polar surface area (TPSA) is 70.7 Å². The van der Waals surface area contributed by atoms with Crippen molar-refractivity contribution in [2.24, 2.45) is 5.92 Å². The molecule has 0 aromatic carbocycles. The largest absolute Gasteiger partial charge is 0.352 e. The summed E-state index contributed by atoms with van der Waals surface area (Å²) in [5.41, 5.74) is 0. The minimum atomic E-state index is -0.168. The summed E-state index contributed by atoms with van der Waals surface area (Å²) in [6.07, 6.45) is 5.93. The number of carbonyl (C=O) groups is 1. The number of amides is 1. The summed E-state index contributed by atoms with van der Waals surface area (Å²) in [7, 11) is 0. The summed E-state index contributed by atoms with van der Waals surface area (Å²) in [5.74, 6) is 1.11. The third-order valence-electron chi connectivity index (χ3n) is 4.27. The van der Waals surface area contributed by atoms with Gasteiger partial charge in [-0.25, -0.2) is 4.98 Å². The van der Waals surface area contributed by atoms with Gasteiger partial charge in [-0.3, -0.25) is 9.89 Å². The zero-order chi connectivity index (χ0) is 16.9. The number of nitrogens with zero attached hydrogens (tertiary/aromatic N) is 2. The third-order valence-corrected chi connectivity index (χ3v) is 6.55. The van der Waals surface area contributed by atoms with E-state index < -0.39 is 0 Å². The van der Waals surface area contributed by atoms with E-state index in [-0.39, 0.29) is 17.1 Å². The minimum Gasteiger partial charge on any atom is -0.352 e. The first-order valence-corrected chi connectivity index (χ1v) is 10.3. The number of carbonyl (C=O) groups excluding carboxylic acids is 1. The Hall–Kier alpha value is -1.34. The van der Waals surface area contributed by atoms with E-state index in [9.17, 15) is 4.79 Å². The van der Waals surface area contributed by atoms with Crippen LogP contribution in [0.15, 0.2) is 22.7 Å². The van der Waals surface area contributed by atoms with E-state index in [1.807, 2.05) is 17.5 Å².